The summed E-state index contributed by atoms with van der Waals surface area (Å²) in [6.07, 6.45) is 0.652. The van der Waals surface area contributed by atoms with E-state index in [0.717, 1.165) is 20.1 Å². The number of esters is 1. The molecule has 3 aromatic rings. The Kier molecular flexibility index (Phi) is 8.89. The van der Waals surface area contributed by atoms with Crippen molar-refractivity contribution < 1.29 is 23.9 Å². The Morgan fingerprint density at radius 2 is 1.94 bits per heavy atom. The number of methoxy groups -OCH3 is 1. The van der Waals surface area contributed by atoms with Gasteiger partial charge < -0.3 is 14.8 Å². The van der Waals surface area contributed by atoms with E-state index < -0.39 is 24.1 Å². The monoisotopic (exact) mass is 531 g/mol. The standard InChI is InChI=1S/C24H25N3O5S3/c1-31-22(29)18(15-33-35-23-26-17-10-5-6-12-20(17)34-23)25-21(28)19-11-7-13-27(19)24(30)32-14-16-8-3-2-4-9-16/h2-6,8-10,12,18-19H,7,11,13-15H2,1H3,(H,25,28)/t18-,19+/m1/s1. The normalized spacial score (nSPS) is 16.1. The van der Waals surface area contributed by atoms with E-state index in [0.29, 0.717) is 25.1 Å². The molecule has 1 aromatic heterocycles. The van der Waals surface area contributed by atoms with Gasteiger partial charge in [0.1, 0.15) is 18.7 Å². The van der Waals surface area contributed by atoms with E-state index in [9.17, 15) is 14.4 Å². The lowest BCUT2D eigenvalue weighted by Crippen LogP contribution is -2.52. The van der Waals surface area contributed by atoms with Gasteiger partial charge in [-0.2, -0.15) is 0 Å². The van der Waals surface area contributed by atoms with Crippen molar-refractivity contribution in [2.45, 2.75) is 35.9 Å². The molecule has 2 atom stereocenters. The maximum atomic E-state index is 13.0. The zero-order chi connectivity index (χ0) is 24.6. The number of ether oxygens (including phenoxy) is 2. The molecule has 2 amide bonds. The molecule has 2 aromatic carbocycles. The van der Waals surface area contributed by atoms with E-state index in [1.54, 1.807) is 11.3 Å². The van der Waals surface area contributed by atoms with Crippen LogP contribution in [0.15, 0.2) is 58.9 Å². The summed E-state index contributed by atoms with van der Waals surface area (Å²) in [6.45, 7) is 0.561. The first-order valence-corrected chi connectivity index (χ1v) is 14.2. The number of nitrogens with one attached hydrogen (secondary N) is 1. The van der Waals surface area contributed by atoms with Gasteiger partial charge in [-0.15, -0.1) is 11.3 Å². The minimum absolute atomic E-state index is 0.134. The Bertz CT molecular complexity index is 1140. The predicted molar refractivity (Wildman–Crippen MR) is 138 cm³/mol. The number of amides is 2. The van der Waals surface area contributed by atoms with Crippen LogP contribution >= 0.6 is 32.9 Å². The van der Waals surface area contributed by atoms with Gasteiger partial charge in [0.2, 0.25) is 5.91 Å². The van der Waals surface area contributed by atoms with Crippen molar-refractivity contribution >= 4 is 61.1 Å². The molecule has 11 heteroatoms. The van der Waals surface area contributed by atoms with Crippen molar-refractivity contribution in [3.05, 3.63) is 60.2 Å². The van der Waals surface area contributed by atoms with E-state index in [2.05, 4.69) is 10.3 Å². The molecule has 0 unspecified atom stereocenters. The van der Waals surface area contributed by atoms with E-state index in [4.69, 9.17) is 9.47 Å². The van der Waals surface area contributed by atoms with Crippen LogP contribution in [-0.4, -0.2) is 59.3 Å². The van der Waals surface area contributed by atoms with Crippen molar-refractivity contribution in [2.24, 2.45) is 0 Å². The molecule has 4 rings (SSSR count). The second kappa shape index (κ2) is 12.3. The Hall–Kier alpha value is -2.76. The first-order valence-electron chi connectivity index (χ1n) is 11.1. The lowest BCUT2D eigenvalue weighted by atomic mass is 10.2. The van der Waals surface area contributed by atoms with Crippen LogP contribution in [0.4, 0.5) is 4.79 Å². The topological polar surface area (TPSA) is 97.8 Å². The number of carbonyl (C=O) groups excluding carboxylic acids is 3. The minimum atomic E-state index is -0.845. The van der Waals surface area contributed by atoms with Gasteiger partial charge in [-0.25, -0.2) is 14.6 Å². The Morgan fingerprint density at radius 3 is 2.71 bits per heavy atom. The number of hydrogen-bond donors (Lipinski definition) is 1. The average molecular weight is 532 g/mol. The van der Waals surface area contributed by atoms with Crippen LogP contribution in [0.25, 0.3) is 10.2 Å². The maximum absolute atomic E-state index is 13.0. The third-order valence-electron chi connectivity index (χ3n) is 5.44. The first kappa shape index (κ1) is 25.3. The van der Waals surface area contributed by atoms with Gasteiger partial charge >= 0.3 is 12.1 Å². The molecule has 1 aliphatic heterocycles. The number of para-hydroxylation sites is 1. The number of nitrogens with zero attached hydrogens (tertiary/aromatic N) is 2. The summed E-state index contributed by atoms with van der Waals surface area (Å²) in [5, 5.41) is 2.77. The first-order chi connectivity index (χ1) is 17.0. The van der Waals surface area contributed by atoms with E-state index in [1.165, 1.54) is 33.6 Å². The largest absolute Gasteiger partial charge is 0.467 e. The lowest BCUT2D eigenvalue weighted by molar-refractivity contribution is -0.144. The third kappa shape index (κ3) is 6.68. The summed E-state index contributed by atoms with van der Waals surface area (Å²) in [5.74, 6) is -0.628. The van der Waals surface area contributed by atoms with Crippen molar-refractivity contribution in [1.82, 2.24) is 15.2 Å². The van der Waals surface area contributed by atoms with Crippen molar-refractivity contribution in [3.63, 3.8) is 0 Å². The molecule has 184 valence electrons. The number of rotatable bonds is 9. The second-order valence-electron chi connectivity index (χ2n) is 7.79. The van der Waals surface area contributed by atoms with Crippen LogP contribution in [0.5, 0.6) is 0 Å². The number of fused-ring (bicyclic) bond motifs is 1. The molecule has 8 nitrogen and oxygen atoms in total. The molecule has 0 aliphatic carbocycles. The van der Waals surface area contributed by atoms with Crippen molar-refractivity contribution in [3.8, 4) is 0 Å². The van der Waals surface area contributed by atoms with Crippen LogP contribution in [-0.2, 0) is 25.7 Å². The third-order valence-corrected chi connectivity index (χ3v) is 9.14. The molecule has 0 spiro atoms. The molecule has 1 aliphatic rings. The fraction of sp³-hybridized carbons (Fsp3) is 0.333. The lowest BCUT2D eigenvalue weighted by Gasteiger charge is -2.25. The highest BCUT2D eigenvalue weighted by atomic mass is 33.1. The van der Waals surface area contributed by atoms with Crippen molar-refractivity contribution in [2.75, 3.05) is 19.4 Å². The van der Waals surface area contributed by atoms with Crippen LogP contribution in [0, 0.1) is 0 Å². The van der Waals surface area contributed by atoms with Gasteiger partial charge in [0.05, 0.1) is 17.3 Å². The highest BCUT2D eigenvalue weighted by molar-refractivity contribution is 8.77. The zero-order valence-corrected chi connectivity index (χ0v) is 21.5. The van der Waals surface area contributed by atoms with Gasteiger partial charge in [-0.05, 0) is 41.3 Å². The quantitative estimate of drug-likeness (QED) is 0.319. The van der Waals surface area contributed by atoms with Gasteiger partial charge in [-0.3, -0.25) is 9.69 Å². The van der Waals surface area contributed by atoms with Gasteiger partial charge in [0, 0.05) is 12.3 Å². The fourth-order valence-electron chi connectivity index (χ4n) is 3.68. The Labute approximate surface area is 215 Å². The van der Waals surface area contributed by atoms with Gasteiger partial charge in [-0.1, -0.05) is 53.3 Å². The highest BCUT2D eigenvalue weighted by Crippen LogP contribution is 2.37. The van der Waals surface area contributed by atoms with Crippen LogP contribution < -0.4 is 5.32 Å². The number of benzene rings is 2. The summed E-state index contributed by atoms with van der Waals surface area (Å²) in [7, 11) is 4.15. The Balaban J connectivity index is 1.31. The summed E-state index contributed by atoms with van der Waals surface area (Å²) >= 11 is 1.57. The number of carbonyl (C=O) groups is 3. The average Bonchev–Trinajstić information content (AvgIpc) is 3.54. The molecule has 35 heavy (non-hydrogen) atoms. The summed E-state index contributed by atoms with van der Waals surface area (Å²) < 4.78 is 12.3. The van der Waals surface area contributed by atoms with Gasteiger partial charge in [0.15, 0.2) is 4.34 Å². The number of hydrogen-bond acceptors (Lipinski definition) is 9. The molecule has 1 fully saturated rings. The van der Waals surface area contributed by atoms with Crippen LogP contribution in [0.3, 0.4) is 0 Å². The molecule has 0 saturated carbocycles. The molecule has 0 radical (unpaired) electrons. The SMILES string of the molecule is COC(=O)[C@@H](CSSc1nc2ccccc2s1)NC(=O)[C@@H]1CCCN1C(=O)OCc1ccccc1. The van der Waals surface area contributed by atoms with E-state index in [1.807, 2.05) is 54.6 Å². The molecule has 2 heterocycles. The maximum Gasteiger partial charge on any atom is 0.410 e. The number of aromatic nitrogens is 1. The summed E-state index contributed by atoms with van der Waals surface area (Å²) in [4.78, 5) is 44.0. The minimum Gasteiger partial charge on any atom is -0.467 e. The highest BCUT2D eigenvalue weighted by Gasteiger charge is 2.37. The Morgan fingerprint density at radius 1 is 1.17 bits per heavy atom. The molecule has 1 N–H and O–H groups in total. The molecular formula is C24H25N3O5S3. The van der Waals surface area contributed by atoms with E-state index in [-0.39, 0.29) is 12.5 Å². The molecular weight excluding hydrogens is 506 g/mol. The fourth-order valence-corrected chi connectivity index (χ4v) is 7.21. The van der Waals surface area contributed by atoms with Crippen LogP contribution in [0.1, 0.15) is 18.4 Å². The smallest absolute Gasteiger partial charge is 0.410 e. The second-order valence-corrected chi connectivity index (χ2v) is 11.4. The molecule has 1 saturated heterocycles. The zero-order valence-electron chi connectivity index (χ0n) is 19.0. The number of thiazole rings is 1. The predicted octanol–water partition coefficient (Wildman–Crippen LogP) is 4.50. The summed E-state index contributed by atoms with van der Waals surface area (Å²) in [6, 6.07) is 15.7. The molecule has 0 bridgehead atoms. The van der Waals surface area contributed by atoms with Crippen molar-refractivity contribution in [1.29, 1.82) is 0 Å². The van der Waals surface area contributed by atoms with Crippen LogP contribution in [0.2, 0.25) is 0 Å². The summed E-state index contributed by atoms with van der Waals surface area (Å²) in [5.41, 5.74) is 1.80. The van der Waals surface area contributed by atoms with Gasteiger partial charge in [0.25, 0.3) is 0 Å². The van der Waals surface area contributed by atoms with E-state index >= 15 is 0 Å². The number of likely N-dealkylation sites (tertiary alicyclic amines) is 1.